The first-order chi connectivity index (χ1) is 14.8. The first kappa shape index (κ1) is 26.7. The summed E-state index contributed by atoms with van der Waals surface area (Å²) in [6, 6.07) is 0. The zero-order chi connectivity index (χ0) is 23.9. The van der Waals surface area contributed by atoms with Crippen LogP contribution in [0.5, 0.6) is 0 Å². The second-order valence-corrected chi connectivity index (χ2v) is 12.3. The van der Waals surface area contributed by atoms with E-state index in [0.29, 0.717) is 13.2 Å². The fraction of sp³-hybridized carbons (Fsp3) is 1.00. The Balaban J connectivity index is 0.000000181. The van der Waals surface area contributed by atoms with Crippen LogP contribution in [0.1, 0.15) is 13.8 Å². The third kappa shape index (κ3) is 5.48. The molecule has 0 radical (unpaired) electrons. The summed E-state index contributed by atoms with van der Waals surface area (Å²) in [6.07, 6.45) is -2.23. The van der Waals surface area contributed by atoms with Gasteiger partial charge in [0.25, 0.3) is 0 Å². The lowest BCUT2D eigenvalue weighted by Gasteiger charge is -2.31. The number of fused-ring (bicyclic) bond motifs is 4. The second-order valence-electron chi connectivity index (χ2n) is 8.79. The molecule has 0 aliphatic carbocycles. The smallest absolute Gasteiger partial charge is 0.144 e. The Hall–Kier alpha value is 0.0600. The molecule has 12 nitrogen and oxygen atoms in total. The Morgan fingerprint density at radius 3 is 1.41 bits per heavy atom. The molecule has 32 heavy (non-hydrogen) atoms. The molecule has 188 valence electrons. The molecule has 4 heterocycles. The van der Waals surface area contributed by atoms with Crippen molar-refractivity contribution in [3.8, 4) is 0 Å². The van der Waals surface area contributed by atoms with Gasteiger partial charge in [0.2, 0.25) is 0 Å². The highest BCUT2D eigenvalue weighted by Crippen LogP contribution is 2.49. The highest BCUT2D eigenvalue weighted by Gasteiger charge is 2.62. The fourth-order valence-electron chi connectivity index (χ4n) is 4.78. The topological polar surface area (TPSA) is 154 Å². The number of hydrogen-bond acceptors (Lipinski definition) is 12. The average Bonchev–Trinajstić information content (AvgIpc) is 3.28. The minimum Gasteiger partial charge on any atom is -0.779 e. The predicted molar refractivity (Wildman–Crippen MR) is 107 cm³/mol. The fourth-order valence-corrected chi connectivity index (χ4v) is 6.23. The molecule has 0 N–H and O–H groups in total. The molecule has 10 atom stereocenters. The molecule has 14 heteroatoms. The summed E-state index contributed by atoms with van der Waals surface area (Å²) in [5.74, 6) is 0. The van der Waals surface area contributed by atoms with E-state index >= 15 is 0 Å². The highest BCUT2D eigenvalue weighted by atomic mass is 31.2. The van der Waals surface area contributed by atoms with Crippen LogP contribution in [0.4, 0.5) is 0 Å². The van der Waals surface area contributed by atoms with E-state index in [4.69, 9.17) is 37.5 Å². The van der Waals surface area contributed by atoms with Gasteiger partial charge in [0.15, 0.2) is 0 Å². The zero-order valence-corrected chi connectivity index (χ0v) is 20.9. The molecule has 4 rings (SSSR count). The molecular formula is C18H32O12P2-2. The summed E-state index contributed by atoms with van der Waals surface area (Å²) in [5.41, 5.74) is -1.57. The lowest BCUT2D eigenvalue weighted by atomic mass is 10.00. The van der Waals surface area contributed by atoms with Gasteiger partial charge in [-0.05, 0) is 13.8 Å². The largest absolute Gasteiger partial charge is 0.779 e. The van der Waals surface area contributed by atoms with E-state index in [2.05, 4.69) is 0 Å². The van der Waals surface area contributed by atoms with Crippen LogP contribution in [0.2, 0.25) is 0 Å². The molecule has 0 aromatic carbocycles. The lowest BCUT2D eigenvalue weighted by molar-refractivity contribution is -0.207. The van der Waals surface area contributed by atoms with Crippen molar-refractivity contribution in [1.82, 2.24) is 0 Å². The van der Waals surface area contributed by atoms with E-state index in [-0.39, 0.29) is 37.6 Å². The molecule has 0 amide bonds. The summed E-state index contributed by atoms with van der Waals surface area (Å²) in [6.45, 7) is 6.91. The van der Waals surface area contributed by atoms with Crippen molar-refractivity contribution in [2.45, 2.75) is 61.7 Å². The third-order valence-electron chi connectivity index (χ3n) is 5.83. The Bertz CT molecular complexity index is 692. The number of rotatable bonds is 8. The maximum Gasteiger partial charge on any atom is 0.144 e. The Morgan fingerprint density at radius 1 is 0.812 bits per heavy atom. The van der Waals surface area contributed by atoms with Crippen molar-refractivity contribution in [3.63, 3.8) is 0 Å². The van der Waals surface area contributed by atoms with Gasteiger partial charge in [-0.3, -0.25) is 0 Å². The van der Waals surface area contributed by atoms with Crippen molar-refractivity contribution in [1.29, 1.82) is 0 Å². The first-order valence-corrected chi connectivity index (χ1v) is 14.2. The molecule has 6 unspecified atom stereocenters. The van der Waals surface area contributed by atoms with Crippen molar-refractivity contribution in [2.75, 3.05) is 54.0 Å². The molecule has 4 bridgehead atoms. The van der Waals surface area contributed by atoms with Crippen LogP contribution in [-0.4, -0.2) is 102 Å². The summed E-state index contributed by atoms with van der Waals surface area (Å²) < 4.78 is 65.1. The lowest BCUT2D eigenvalue weighted by Crippen LogP contribution is -2.46. The predicted octanol–water partition coefficient (Wildman–Crippen LogP) is -0.485. The minimum atomic E-state index is -3.81. The molecule has 4 saturated heterocycles. The summed E-state index contributed by atoms with van der Waals surface area (Å²) >= 11 is 0. The molecule has 0 aromatic heterocycles. The van der Waals surface area contributed by atoms with E-state index in [9.17, 15) is 18.9 Å². The molecular weight excluding hydrogens is 470 g/mol. The van der Waals surface area contributed by atoms with Gasteiger partial charge in [0, 0.05) is 27.5 Å². The van der Waals surface area contributed by atoms with Gasteiger partial charge in [-0.25, -0.2) is 0 Å². The van der Waals surface area contributed by atoms with Gasteiger partial charge in [-0.15, -0.1) is 0 Å². The van der Waals surface area contributed by atoms with Crippen LogP contribution < -0.4 is 9.79 Å². The molecule has 4 fully saturated rings. The highest BCUT2D eigenvalue weighted by molar-refractivity contribution is 7.50. The molecule has 4 aliphatic heterocycles. The third-order valence-corrected chi connectivity index (χ3v) is 7.05. The van der Waals surface area contributed by atoms with Gasteiger partial charge in [-0.1, -0.05) is 0 Å². The molecule has 4 aliphatic rings. The maximum absolute atomic E-state index is 11.2. The zero-order valence-electron chi connectivity index (χ0n) is 19.1. The van der Waals surface area contributed by atoms with Gasteiger partial charge in [0.1, 0.15) is 50.8 Å². The van der Waals surface area contributed by atoms with Gasteiger partial charge in [0.05, 0.1) is 38.6 Å². The summed E-state index contributed by atoms with van der Waals surface area (Å²) in [4.78, 5) is 22.4. The monoisotopic (exact) mass is 502 g/mol. The molecule has 0 saturated carbocycles. The van der Waals surface area contributed by atoms with E-state index in [1.165, 1.54) is 14.2 Å². The Labute approximate surface area is 187 Å². The normalized spacial score (nSPS) is 45.9. The van der Waals surface area contributed by atoms with Crippen LogP contribution in [0.15, 0.2) is 0 Å². The maximum atomic E-state index is 11.2. The van der Waals surface area contributed by atoms with Crippen LogP contribution >= 0.6 is 15.2 Å². The second kappa shape index (κ2) is 9.60. The van der Waals surface area contributed by atoms with Crippen LogP contribution in [-0.2, 0) is 46.6 Å². The van der Waals surface area contributed by atoms with Gasteiger partial charge in [-0.2, -0.15) is 0 Å². The van der Waals surface area contributed by atoms with Crippen molar-refractivity contribution >= 4 is 15.2 Å². The SMILES string of the molecule is COCC12COC(C(C)O1)C2OP(C)(=O)[O-].COC[C@@]12CO[C@@H]([C@H](C)O1)[C@@H]2OP(C)(=O)[O-]. The van der Waals surface area contributed by atoms with Crippen LogP contribution in [0.3, 0.4) is 0 Å². The first-order valence-electron chi connectivity index (χ1n) is 10.3. The van der Waals surface area contributed by atoms with Crippen molar-refractivity contribution < 1.29 is 56.4 Å². The summed E-state index contributed by atoms with van der Waals surface area (Å²) in [5, 5.41) is 0. The van der Waals surface area contributed by atoms with Gasteiger partial charge >= 0.3 is 0 Å². The number of hydrogen-bond donors (Lipinski definition) is 0. The number of ether oxygens (including phenoxy) is 6. The van der Waals surface area contributed by atoms with Gasteiger partial charge < -0.3 is 56.4 Å². The van der Waals surface area contributed by atoms with Crippen LogP contribution in [0, 0.1) is 0 Å². The Morgan fingerprint density at radius 2 is 1.16 bits per heavy atom. The van der Waals surface area contributed by atoms with Crippen LogP contribution in [0.25, 0.3) is 0 Å². The van der Waals surface area contributed by atoms with Crippen molar-refractivity contribution in [2.24, 2.45) is 0 Å². The van der Waals surface area contributed by atoms with E-state index in [0.717, 1.165) is 13.3 Å². The Kier molecular flexibility index (Phi) is 8.00. The van der Waals surface area contributed by atoms with E-state index < -0.39 is 38.6 Å². The standard InChI is InChI=1S/2C9H17O6P/c2*1-6-7-8(15-16(3,10)11)9(14-6,4-12-2)5-13-7/h2*6-8H,4-5H2,1-3H3,(H,10,11)/p-2/t6-,7-,8-,9-;/m0./s1. The minimum absolute atomic E-state index is 0.180. The van der Waals surface area contributed by atoms with Crippen molar-refractivity contribution in [3.05, 3.63) is 0 Å². The summed E-state index contributed by atoms with van der Waals surface area (Å²) in [7, 11) is -4.54. The molecule has 0 aromatic rings. The van der Waals surface area contributed by atoms with E-state index in [1.807, 2.05) is 13.8 Å². The molecule has 0 spiro atoms. The van der Waals surface area contributed by atoms with E-state index in [1.54, 1.807) is 0 Å². The number of methoxy groups -OCH3 is 2. The average molecular weight is 502 g/mol. The quantitative estimate of drug-likeness (QED) is 0.394.